The molecular formula is C9H9BrN2O5. The second-order valence-electron chi connectivity index (χ2n) is 3.90. The van der Waals surface area contributed by atoms with E-state index < -0.39 is 30.1 Å². The van der Waals surface area contributed by atoms with Crippen LogP contribution in [-0.4, -0.2) is 44.7 Å². The third-order valence-corrected chi connectivity index (χ3v) is 3.43. The van der Waals surface area contributed by atoms with Gasteiger partial charge in [0.1, 0.15) is 16.7 Å². The Kier molecular flexibility index (Phi) is 2.47. The van der Waals surface area contributed by atoms with Crippen molar-refractivity contribution < 1.29 is 19.7 Å². The van der Waals surface area contributed by atoms with Gasteiger partial charge < -0.3 is 19.7 Å². The largest absolute Gasteiger partial charge is 0.453 e. The molecule has 92 valence electrons. The van der Waals surface area contributed by atoms with Crippen molar-refractivity contribution in [2.45, 2.75) is 24.5 Å². The number of nitrogens with zero attached hydrogens (tertiary/aromatic N) is 2. The maximum Gasteiger partial charge on any atom is 0.302 e. The molecule has 0 radical (unpaired) electrons. The summed E-state index contributed by atoms with van der Waals surface area (Å²) < 4.78 is 12.6. The Balaban J connectivity index is 2.02. The van der Waals surface area contributed by atoms with Crippen LogP contribution in [0.1, 0.15) is 6.23 Å². The van der Waals surface area contributed by atoms with E-state index in [4.69, 9.17) is 14.6 Å². The van der Waals surface area contributed by atoms with E-state index in [1.165, 1.54) is 10.8 Å². The molecule has 1 saturated heterocycles. The fraction of sp³-hybridized carbons (Fsp3) is 0.556. The summed E-state index contributed by atoms with van der Waals surface area (Å²) in [5.41, 5.74) is -0.440. The minimum atomic E-state index is -0.944. The first-order valence-corrected chi connectivity index (χ1v) is 5.81. The monoisotopic (exact) mass is 304 g/mol. The lowest BCUT2D eigenvalue weighted by Gasteiger charge is -2.14. The molecule has 3 rings (SSSR count). The SMILES string of the molecule is O=c1nc2n(cc1Br)[C@@H]1O[C@H](CO)C(O)C1O2. The van der Waals surface area contributed by atoms with E-state index in [9.17, 15) is 9.90 Å². The molecule has 17 heavy (non-hydrogen) atoms. The Hall–Kier alpha value is -0.960. The van der Waals surface area contributed by atoms with Gasteiger partial charge in [-0.15, -0.1) is 0 Å². The van der Waals surface area contributed by atoms with Gasteiger partial charge in [-0.25, -0.2) is 0 Å². The van der Waals surface area contributed by atoms with Gasteiger partial charge in [0.05, 0.1) is 6.61 Å². The Labute approximate surface area is 104 Å². The van der Waals surface area contributed by atoms with Gasteiger partial charge in [0.2, 0.25) is 0 Å². The number of aliphatic hydroxyl groups excluding tert-OH is 2. The zero-order chi connectivity index (χ0) is 12.2. The zero-order valence-corrected chi connectivity index (χ0v) is 10.1. The molecule has 0 amide bonds. The zero-order valence-electron chi connectivity index (χ0n) is 8.49. The van der Waals surface area contributed by atoms with Crippen LogP contribution in [0, 0.1) is 0 Å². The van der Waals surface area contributed by atoms with Crippen molar-refractivity contribution in [3.05, 3.63) is 21.0 Å². The van der Waals surface area contributed by atoms with Gasteiger partial charge in [-0.05, 0) is 15.9 Å². The molecule has 1 fully saturated rings. The van der Waals surface area contributed by atoms with Gasteiger partial charge in [-0.1, -0.05) is 0 Å². The highest BCUT2D eigenvalue weighted by Gasteiger charge is 2.51. The Morgan fingerprint density at radius 2 is 2.35 bits per heavy atom. The molecule has 3 heterocycles. The number of hydrogen-bond donors (Lipinski definition) is 2. The van der Waals surface area contributed by atoms with Crippen molar-refractivity contribution in [3.63, 3.8) is 0 Å². The summed E-state index contributed by atoms with van der Waals surface area (Å²) in [6.45, 7) is -0.290. The van der Waals surface area contributed by atoms with Crippen molar-refractivity contribution in [2.24, 2.45) is 0 Å². The maximum absolute atomic E-state index is 11.3. The predicted octanol–water partition coefficient (Wildman–Crippen LogP) is -0.983. The van der Waals surface area contributed by atoms with Gasteiger partial charge in [-0.2, -0.15) is 4.98 Å². The Morgan fingerprint density at radius 1 is 1.59 bits per heavy atom. The fourth-order valence-corrected chi connectivity index (χ4v) is 2.35. The molecule has 0 spiro atoms. The number of hydrogen-bond acceptors (Lipinski definition) is 6. The first-order chi connectivity index (χ1) is 8.11. The summed E-state index contributed by atoms with van der Waals surface area (Å²) in [5.74, 6) is 0. The lowest BCUT2D eigenvalue weighted by molar-refractivity contribution is -0.0435. The molecule has 0 aromatic carbocycles. The maximum atomic E-state index is 11.3. The molecule has 8 heteroatoms. The van der Waals surface area contributed by atoms with Crippen molar-refractivity contribution in [1.29, 1.82) is 0 Å². The molecule has 4 atom stereocenters. The summed E-state index contributed by atoms with van der Waals surface area (Å²) in [6, 6.07) is 0.114. The smallest absolute Gasteiger partial charge is 0.302 e. The van der Waals surface area contributed by atoms with Gasteiger partial charge >= 0.3 is 6.01 Å². The van der Waals surface area contributed by atoms with Crippen LogP contribution < -0.4 is 10.3 Å². The third-order valence-electron chi connectivity index (χ3n) is 2.88. The molecule has 0 bridgehead atoms. The third kappa shape index (κ3) is 1.52. The molecule has 7 nitrogen and oxygen atoms in total. The lowest BCUT2D eigenvalue weighted by atomic mass is 10.1. The van der Waals surface area contributed by atoms with Crippen LogP contribution in [0.2, 0.25) is 0 Å². The average Bonchev–Trinajstić information content (AvgIpc) is 2.78. The van der Waals surface area contributed by atoms with Crippen LogP contribution in [0.3, 0.4) is 0 Å². The van der Waals surface area contributed by atoms with Crippen LogP contribution in [0.15, 0.2) is 15.5 Å². The summed E-state index contributed by atoms with van der Waals surface area (Å²) in [6.07, 6.45) is -1.34. The van der Waals surface area contributed by atoms with E-state index in [0.717, 1.165) is 0 Å². The molecular weight excluding hydrogens is 296 g/mol. The number of fused-ring (bicyclic) bond motifs is 3. The summed E-state index contributed by atoms with van der Waals surface area (Å²) in [4.78, 5) is 15.0. The van der Waals surface area contributed by atoms with E-state index in [0.29, 0.717) is 0 Å². The topological polar surface area (TPSA) is 93.8 Å². The van der Waals surface area contributed by atoms with E-state index in [1.807, 2.05) is 0 Å². The number of aliphatic hydroxyl groups is 2. The van der Waals surface area contributed by atoms with Crippen molar-refractivity contribution in [1.82, 2.24) is 9.55 Å². The lowest BCUT2D eigenvalue weighted by Crippen LogP contribution is -2.34. The molecule has 2 unspecified atom stereocenters. The number of ether oxygens (including phenoxy) is 2. The van der Waals surface area contributed by atoms with Crippen LogP contribution >= 0.6 is 15.9 Å². The van der Waals surface area contributed by atoms with Gasteiger partial charge in [0, 0.05) is 6.20 Å². The van der Waals surface area contributed by atoms with Crippen molar-refractivity contribution >= 4 is 15.9 Å². The van der Waals surface area contributed by atoms with Crippen LogP contribution in [-0.2, 0) is 4.74 Å². The average molecular weight is 305 g/mol. The van der Waals surface area contributed by atoms with E-state index in [1.54, 1.807) is 0 Å². The minimum Gasteiger partial charge on any atom is -0.453 e. The second kappa shape index (κ2) is 3.77. The molecule has 1 aromatic heterocycles. The normalized spacial score (nSPS) is 34.3. The van der Waals surface area contributed by atoms with Crippen LogP contribution in [0.4, 0.5) is 0 Å². The molecule has 2 aliphatic rings. The van der Waals surface area contributed by atoms with Gasteiger partial charge in [-0.3, -0.25) is 9.36 Å². The molecule has 1 aromatic rings. The number of aromatic nitrogens is 2. The van der Waals surface area contributed by atoms with Gasteiger partial charge in [0.15, 0.2) is 12.3 Å². The summed E-state index contributed by atoms with van der Waals surface area (Å²) in [7, 11) is 0. The Bertz CT molecular complexity index is 519. The fourth-order valence-electron chi connectivity index (χ4n) is 2.04. The Morgan fingerprint density at radius 3 is 3.06 bits per heavy atom. The number of rotatable bonds is 1. The first kappa shape index (κ1) is 11.1. The highest BCUT2D eigenvalue weighted by molar-refractivity contribution is 9.10. The van der Waals surface area contributed by atoms with Gasteiger partial charge in [0.25, 0.3) is 5.56 Å². The van der Waals surface area contributed by atoms with E-state index in [2.05, 4.69) is 20.9 Å². The summed E-state index contributed by atoms with van der Waals surface area (Å²) >= 11 is 3.07. The standard InChI is InChI=1S/C9H9BrN2O5/c10-3-1-12-8-6(5(14)4(2-13)16-8)17-9(12)11-7(3)15/h1,4-6,8,13-14H,2H2/t4-,5?,6?,8-/m1/s1. The first-order valence-electron chi connectivity index (χ1n) is 5.01. The highest BCUT2D eigenvalue weighted by atomic mass is 79.9. The van der Waals surface area contributed by atoms with E-state index >= 15 is 0 Å². The predicted molar refractivity (Wildman–Crippen MR) is 57.6 cm³/mol. The van der Waals surface area contributed by atoms with E-state index in [-0.39, 0.29) is 17.1 Å². The van der Waals surface area contributed by atoms with Crippen molar-refractivity contribution in [3.8, 4) is 6.01 Å². The van der Waals surface area contributed by atoms with Crippen molar-refractivity contribution in [2.75, 3.05) is 6.61 Å². The van der Waals surface area contributed by atoms with Crippen LogP contribution in [0.5, 0.6) is 6.01 Å². The molecule has 2 N–H and O–H groups in total. The summed E-state index contributed by atoms with van der Waals surface area (Å²) in [5, 5.41) is 18.8. The molecule has 0 saturated carbocycles. The second-order valence-corrected chi connectivity index (χ2v) is 4.76. The highest BCUT2D eigenvalue weighted by Crippen LogP contribution is 2.39. The quantitative estimate of drug-likeness (QED) is 0.692. The molecule has 0 aliphatic carbocycles. The van der Waals surface area contributed by atoms with Crippen LogP contribution in [0.25, 0.3) is 0 Å². The molecule has 2 aliphatic heterocycles. The number of halogens is 1. The minimum absolute atomic E-state index is 0.114.